The van der Waals surface area contributed by atoms with Crippen LogP contribution in [0.3, 0.4) is 0 Å². The van der Waals surface area contributed by atoms with Gasteiger partial charge < -0.3 is 19.6 Å². The third-order valence-electron chi connectivity index (χ3n) is 2.59. The van der Waals surface area contributed by atoms with Gasteiger partial charge in [0.25, 0.3) is 0 Å². The van der Waals surface area contributed by atoms with Crippen LogP contribution in [0.15, 0.2) is 28.7 Å². The van der Waals surface area contributed by atoms with Gasteiger partial charge in [0.05, 0.1) is 25.9 Å². The minimum absolute atomic E-state index is 0.284. The molecule has 2 rings (SSSR count). The Hall–Kier alpha value is -1.07. The number of halogens is 1. The zero-order chi connectivity index (χ0) is 13.0. The zero-order valence-electron chi connectivity index (χ0n) is 10.2. The van der Waals surface area contributed by atoms with Crippen LogP contribution in [0.1, 0.15) is 11.8 Å². The predicted octanol–water partition coefficient (Wildman–Crippen LogP) is 2.75. The normalized spacial score (nSPS) is 13.1. The number of benzene rings is 1. The van der Waals surface area contributed by atoms with Gasteiger partial charge in [0.1, 0.15) is 11.3 Å². The van der Waals surface area contributed by atoms with E-state index in [9.17, 15) is 0 Å². The first-order valence-corrected chi connectivity index (χ1v) is 6.10. The summed E-state index contributed by atoms with van der Waals surface area (Å²) in [4.78, 5) is 0. The Morgan fingerprint density at radius 3 is 2.94 bits per heavy atom. The van der Waals surface area contributed by atoms with E-state index in [0.717, 1.165) is 11.0 Å². The van der Waals surface area contributed by atoms with Crippen LogP contribution < -0.4 is 5.73 Å². The number of hydrogen-bond acceptors (Lipinski definition) is 4. The van der Waals surface area contributed by atoms with Crippen molar-refractivity contribution >= 4 is 22.6 Å². The van der Waals surface area contributed by atoms with Crippen molar-refractivity contribution < 1.29 is 13.9 Å². The molecule has 0 radical (unpaired) electrons. The van der Waals surface area contributed by atoms with Crippen LogP contribution in [0.2, 0.25) is 5.02 Å². The molecule has 0 fully saturated rings. The quantitative estimate of drug-likeness (QED) is 0.819. The van der Waals surface area contributed by atoms with Crippen LogP contribution in [0, 0.1) is 0 Å². The summed E-state index contributed by atoms with van der Waals surface area (Å²) in [6.45, 7) is 1.48. The molecule has 4 nitrogen and oxygen atoms in total. The van der Waals surface area contributed by atoms with Gasteiger partial charge >= 0.3 is 0 Å². The fourth-order valence-electron chi connectivity index (χ4n) is 1.65. The van der Waals surface area contributed by atoms with Gasteiger partial charge in [0.15, 0.2) is 0 Å². The van der Waals surface area contributed by atoms with E-state index in [4.69, 9.17) is 31.2 Å². The summed E-state index contributed by atoms with van der Waals surface area (Å²) < 4.78 is 15.9. The second-order valence-electron chi connectivity index (χ2n) is 4.01. The second kappa shape index (κ2) is 6.20. The number of methoxy groups -OCH3 is 1. The van der Waals surface area contributed by atoms with Gasteiger partial charge in [-0.2, -0.15) is 0 Å². The number of furan rings is 1. The molecule has 0 aliphatic carbocycles. The van der Waals surface area contributed by atoms with Crippen LogP contribution >= 0.6 is 11.6 Å². The number of nitrogens with two attached hydrogens (primary N) is 1. The predicted molar refractivity (Wildman–Crippen MR) is 70.8 cm³/mol. The van der Waals surface area contributed by atoms with Crippen LogP contribution in [-0.2, 0) is 9.47 Å². The lowest BCUT2D eigenvalue weighted by Crippen LogP contribution is -2.17. The SMILES string of the molecule is COCCOCC(N)c1cc2cc(Cl)ccc2o1. The van der Waals surface area contributed by atoms with E-state index >= 15 is 0 Å². The van der Waals surface area contributed by atoms with Gasteiger partial charge in [0, 0.05) is 17.5 Å². The molecule has 2 aromatic rings. The van der Waals surface area contributed by atoms with Gasteiger partial charge in [-0.3, -0.25) is 0 Å². The highest BCUT2D eigenvalue weighted by Crippen LogP contribution is 2.25. The minimum Gasteiger partial charge on any atom is -0.459 e. The Balaban J connectivity index is 2.01. The maximum atomic E-state index is 5.99. The maximum Gasteiger partial charge on any atom is 0.134 e. The summed E-state index contributed by atoms with van der Waals surface area (Å²) in [6.07, 6.45) is 0. The fraction of sp³-hybridized carbons (Fsp3) is 0.385. The molecule has 2 N–H and O–H groups in total. The van der Waals surface area contributed by atoms with Crippen molar-refractivity contribution in [2.45, 2.75) is 6.04 Å². The molecule has 1 unspecified atom stereocenters. The number of ether oxygens (including phenoxy) is 2. The zero-order valence-corrected chi connectivity index (χ0v) is 10.9. The van der Waals surface area contributed by atoms with Gasteiger partial charge in [0.2, 0.25) is 0 Å². The first kappa shape index (κ1) is 13.4. The molecular weight excluding hydrogens is 254 g/mol. The largest absolute Gasteiger partial charge is 0.459 e. The lowest BCUT2D eigenvalue weighted by molar-refractivity contribution is 0.0612. The molecule has 1 atom stereocenters. The Morgan fingerprint density at radius 2 is 2.17 bits per heavy atom. The third kappa shape index (κ3) is 3.23. The highest BCUT2D eigenvalue weighted by atomic mass is 35.5. The first-order valence-electron chi connectivity index (χ1n) is 5.72. The molecule has 1 aromatic heterocycles. The van der Waals surface area contributed by atoms with Crippen molar-refractivity contribution in [3.8, 4) is 0 Å². The molecule has 0 amide bonds. The lowest BCUT2D eigenvalue weighted by Gasteiger charge is -2.08. The van der Waals surface area contributed by atoms with Crippen LogP contribution in [0.5, 0.6) is 0 Å². The van der Waals surface area contributed by atoms with E-state index in [1.807, 2.05) is 18.2 Å². The third-order valence-corrected chi connectivity index (χ3v) is 2.83. The average Bonchev–Trinajstić information content (AvgIpc) is 2.77. The minimum atomic E-state index is -0.284. The average molecular weight is 270 g/mol. The van der Waals surface area contributed by atoms with Gasteiger partial charge in [-0.25, -0.2) is 0 Å². The maximum absolute atomic E-state index is 5.99. The number of fused-ring (bicyclic) bond motifs is 1. The summed E-state index contributed by atoms with van der Waals surface area (Å²) in [6, 6.07) is 7.08. The first-order chi connectivity index (χ1) is 8.70. The molecule has 0 saturated heterocycles. The molecular formula is C13H16ClNO3. The van der Waals surface area contributed by atoms with E-state index in [-0.39, 0.29) is 6.04 Å². The van der Waals surface area contributed by atoms with E-state index in [2.05, 4.69) is 0 Å². The van der Waals surface area contributed by atoms with Crippen LogP contribution in [0.4, 0.5) is 0 Å². The number of hydrogen-bond donors (Lipinski definition) is 1. The van der Waals surface area contributed by atoms with Crippen molar-refractivity contribution in [1.82, 2.24) is 0 Å². The molecule has 0 aliphatic rings. The van der Waals surface area contributed by atoms with Gasteiger partial charge in [-0.15, -0.1) is 0 Å². The topological polar surface area (TPSA) is 57.6 Å². The van der Waals surface area contributed by atoms with Crippen LogP contribution in [0.25, 0.3) is 11.0 Å². The van der Waals surface area contributed by atoms with Crippen molar-refractivity contribution in [2.24, 2.45) is 5.73 Å². The molecule has 18 heavy (non-hydrogen) atoms. The lowest BCUT2D eigenvalue weighted by atomic mass is 10.2. The Labute approximate surface area is 111 Å². The smallest absolute Gasteiger partial charge is 0.134 e. The number of rotatable bonds is 6. The molecule has 1 heterocycles. The van der Waals surface area contributed by atoms with Crippen LogP contribution in [-0.4, -0.2) is 26.9 Å². The molecule has 0 bridgehead atoms. The molecule has 0 saturated carbocycles. The molecule has 0 aliphatic heterocycles. The van der Waals surface area contributed by atoms with E-state index in [1.54, 1.807) is 13.2 Å². The second-order valence-corrected chi connectivity index (χ2v) is 4.44. The fourth-order valence-corrected chi connectivity index (χ4v) is 1.83. The highest BCUT2D eigenvalue weighted by Gasteiger charge is 2.12. The van der Waals surface area contributed by atoms with E-state index in [1.165, 1.54) is 0 Å². The standard InChI is InChI=1S/C13H16ClNO3/c1-16-4-5-17-8-11(15)13-7-9-6-10(14)2-3-12(9)18-13/h2-3,6-7,11H,4-5,8,15H2,1H3. The van der Waals surface area contributed by atoms with Gasteiger partial charge in [-0.1, -0.05) is 11.6 Å². The molecule has 1 aromatic carbocycles. The molecule has 0 spiro atoms. The summed E-state index contributed by atoms with van der Waals surface area (Å²) in [5, 5.41) is 1.63. The van der Waals surface area contributed by atoms with E-state index < -0.39 is 0 Å². The Bertz CT molecular complexity index is 512. The van der Waals surface area contributed by atoms with Gasteiger partial charge in [-0.05, 0) is 24.3 Å². The Morgan fingerprint density at radius 1 is 1.33 bits per heavy atom. The molecule has 5 heteroatoms. The summed E-state index contributed by atoms with van der Waals surface area (Å²) in [5.41, 5.74) is 6.77. The highest BCUT2D eigenvalue weighted by molar-refractivity contribution is 6.31. The van der Waals surface area contributed by atoms with E-state index in [0.29, 0.717) is 30.6 Å². The molecule has 98 valence electrons. The summed E-state index contributed by atoms with van der Waals surface area (Å²) in [7, 11) is 1.63. The van der Waals surface area contributed by atoms with Crippen molar-refractivity contribution in [2.75, 3.05) is 26.9 Å². The van der Waals surface area contributed by atoms with Crippen molar-refractivity contribution in [3.63, 3.8) is 0 Å². The Kier molecular flexibility index (Phi) is 4.60. The summed E-state index contributed by atoms with van der Waals surface area (Å²) in [5.74, 6) is 0.699. The van der Waals surface area contributed by atoms with Crippen molar-refractivity contribution in [3.05, 3.63) is 35.0 Å². The monoisotopic (exact) mass is 269 g/mol. The van der Waals surface area contributed by atoms with Crippen molar-refractivity contribution in [1.29, 1.82) is 0 Å². The summed E-state index contributed by atoms with van der Waals surface area (Å²) >= 11 is 5.91.